The van der Waals surface area contributed by atoms with E-state index in [9.17, 15) is 34.5 Å². The Bertz CT molecular complexity index is 1640. The van der Waals surface area contributed by atoms with Gasteiger partial charge < -0.3 is 43.5 Å². The van der Waals surface area contributed by atoms with Gasteiger partial charge >= 0.3 is 19.9 Å². The molecule has 3 aliphatic rings. The van der Waals surface area contributed by atoms with Crippen molar-refractivity contribution in [3.63, 3.8) is 0 Å². The Labute approximate surface area is 283 Å². The molecule has 17 nitrogen and oxygen atoms in total. The average Bonchev–Trinajstić information content (AvgIpc) is 3.46. The number of fused-ring (bicyclic) bond motifs is 1. The maximum Gasteiger partial charge on any atom is 0.345 e. The summed E-state index contributed by atoms with van der Waals surface area (Å²) in [6.45, 7) is 16.3. The van der Waals surface area contributed by atoms with Crippen LogP contribution in [0.5, 0.6) is 0 Å². The number of aromatic nitrogens is 4. The highest BCUT2D eigenvalue weighted by Crippen LogP contribution is 2.48. The van der Waals surface area contributed by atoms with Gasteiger partial charge in [0.05, 0.1) is 13.2 Å². The number of H-pyrrole nitrogens is 2. The van der Waals surface area contributed by atoms with Crippen LogP contribution >= 0.6 is 0 Å². The Morgan fingerprint density at radius 1 is 0.796 bits per heavy atom. The lowest BCUT2D eigenvalue weighted by molar-refractivity contribution is -0.297. The molecule has 5 rings (SSSR count). The first-order valence-electron chi connectivity index (χ1n) is 16.5. The van der Waals surface area contributed by atoms with Crippen LogP contribution in [0.2, 0.25) is 11.1 Å². The third kappa shape index (κ3) is 7.49. The molecule has 0 aliphatic carbocycles. The highest BCUT2D eigenvalue weighted by Gasteiger charge is 2.60. The Hall–Kier alpha value is -2.78. The topological polar surface area (TPSA) is 237 Å². The number of hydrogen-bond donors (Lipinski definition) is 6. The fourth-order valence-corrected chi connectivity index (χ4v) is 10.7. The molecule has 2 unspecified atom stereocenters. The first-order chi connectivity index (χ1) is 22.9. The van der Waals surface area contributed by atoms with Gasteiger partial charge in [-0.2, -0.15) is 0 Å². The van der Waals surface area contributed by atoms with E-state index in [0.717, 1.165) is 16.8 Å². The van der Waals surface area contributed by atoms with Crippen molar-refractivity contribution in [1.29, 1.82) is 0 Å². The van der Waals surface area contributed by atoms with Gasteiger partial charge in [-0.25, -0.2) is 9.59 Å². The lowest BCUT2D eigenvalue weighted by Crippen LogP contribution is -2.64. The minimum absolute atomic E-state index is 0.0312. The molecule has 0 bridgehead atoms. The minimum Gasteiger partial charge on any atom is -0.394 e. The SMILES string of the molecule is CC(C)C1(C(C)C)O[C@@H]2C(O)[C@H](n3ccc(=O)[nH]c3=O)O[C@@H]2CO[Si](C(C)C)(C(C)C)O1.O=c1ccn([C@@H]2O[C@H](CO)[C@H](O)C2O)c(=O)[nH]1. The van der Waals surface area contributed by atoms with Gasteiger partial charge in [0.15, 0.2) is 18.2 Å². The summed E-state index contributed by atoms with van der Waals surface area (Å²) in [6.07, 6.45) is -5.79. The molecule has 3 fully saturated rings. The molecule has 2 aromatic rings. The Morgan fingerprint density at radius 2 is 1.29 bits per heavy atom. The molecule has 3 saturated heterocycles. The molecule has 8 atom stereocenters. The highest BCUT2D eigenvalue weighted by atomic mass is 28.4. The molecule has 18 heteroatoms. The van der Waals surface area contributed by atoms with Gasteiger partial charge in [0, 0.05) is 36.4 Å². The molecular formula is C31H50N4O13Si. The molecule has 6 N–H and O–H groups in total. The summed E-state index contributed by atoms with van der Waals surface area (Å²) < 4.78 is 33.6. The molecule has 276 valence electrons. The first-order valence-corrected chi connectivity index (χ1v) is 18.5. The van der Waals surface area contributed by atoms with Gasteiger partial charge in [-0.3, -0.25) is 28.7 Å². The summed E-state index contributed by atoms with van der Waals surface area (Å²) in [5, 5.41) is 39.3. The van der Waals surface area contributed by atoms with Crippen LogP contribution < -0.4 is 22.5 Å². The van der Waals surface area contributed by atoms with Crippen molar-refractivity contribution in [1.82, 2.24) is 19.1 Å². The maximum absolute atomic E-state index is 12.4. The van der Waals surface area contributed by atoms with Gasteiger partial charge in [-0.15, -0.1) is 0 Å². The zero-order valence-corrected chi connectivity index (χ0v) is 30.0. The Balaban J connectivity index is 0.000000266. The number of ether oxygens (including phenoxy) is 3. The van der Waals surface area contributed by atoms with E-state index in [-0.39, 0.29) is 29.5 Å². The van der Waals surface area contributed by atoms with Crippen LogP contribution in [-0.4, -0.2) is 104 Å². The molecule has 5 heterocycles. The van der Waals surface area contributed by atoms with Gasteiger partial charge in [-0.1, -0.05) is 55.4 Å². The van der Waals surface area contributed by atoms with Crippen LogP contribution in [0.1, 0.15) is 67.8 Å². The predicted molar refractivity (Wildman–Crippen MR) is 176 cm³/mol. The molecule has 0 saturated carbocycles. The van der Waals surface area contributed by atoms with Crippen molar-refractivity contribution in [2.24, 2.45) is 11.8 Å². The fraction of sp³-hybridized carbons (Fsp3) is 0.742. The van der Waals surface area contributed by atoms with Gasteiger partial charge in [-0.05, 0) is 11.1 Å². The summed E-state index contributed by atoms with van der Waals surface area (Å²) >= 11 is 0. The summed E-state index contributed by atoms with van der Waals surface area (Å²) in [6, 6.07) is 2.32. The monoisotopic (exact) mass is 714 g/mol. The molecule has 0 aromatic carbocycles. The van der Waals surface area contributed by atoms with Crippen LogP contribution in [0.3, 0.4) is 0 Å². The van der Waals surface area contributed by atoms with Gasteiger partial charge in [0.1, 0.15) is 36.6 Å². The zero-order chi connectivity index (χ0) is 36.6. The summed E-state index contributed by atoms with van der Waals surface area (Å²) in [5.41, 5.74) is -2.18. The normalized spacial score (nSPS) is 31.0. The molecule has 49 heavy (non-hydrogen) atoms. The average molecular weight is 715 g/mol. The molecular weight excluding hydrogens is 664 g/mol. The van der Waals surface area contributed by atoms with E-state index in [0.29, 0.717) is 0 Å². The van der Waals surface area contributed by atoms with Crippen LogP contribution in [0.15, 0.2) is 43.7 Å². The highest BCUT2D eigenvalue weighted by molar-refractivity contribution is 6.70. The van der Waals surface area contributed by atoms with E-state index >= 15 is 0 Å². The van der Waals surface area contributed by atoms with Crippen LogP contribution in [0.25, 0.3) is 0 Å². The van der Waals surface area contributed by atoms with Crippen LogP contribution in [0, 0.1) is 11.8 Å². The second-order valence-electron chi connectivity index (χ2n) is 13.9. The number of hydrogen-bond acceptors (Lipinski definition) is 13. The summed E-state index contributed by atoms with van der Waals surface area (Å²) in [4.78, 5) is 50.4. The van der Waals surface area contributed by atoms with Crippen molar-refractivity contribution < 1.29 is 43.5 Å². The van der Waals surface area contributed by atoms with E-state index in [2.05, 4.69) is 32.7 Å². The van der Waals surface area contributed by atoms with Crippen molar-refractivity contribution in [3.05, 3.63) is 66.2 Å². The predicted octanol–water partition coefficient (Wildman–Crippen LogP) is -0.354. The number of rotatable bonds is 7. The number of aliphatic hydroxyl groups is 4. The molecule has 0 spiro atoms. The lowest BCUT2D eigenvalue weighted by Gasteiger charge is -2.52. The van der Waals surface area contributed by atoms with Gasteiger partial charge in [0.2, 0.25) is 0 Å². The Morgan fingerprint density at radius 3 is 1.69 bits per heavy atom. The summed E-state index contributed by atoms with van der Waals surface area (Å²) in [7, 11) is -2.79. The van der Waals surface area contributed by atoms with Crippen molar-refractivity contribution >= 4 is 8.56 Å². The third-order valence-corrected chi connectivity index (χ3v) is 13.9. The number of aliphatic hydroxyl groups excluding tert-OH is 4. The quantitative estimate of drug-likeness (QED) is 0.201. The number of nitrogens with one attached hydrogen (secondary N) is 2. The Kier molecular flexibility index (Phi) is 12.1. The minimum atomic E-state index is -2.79. The summed E-state index contributed by atoms with van der Waals surface area (Å²) in [5.74, 6) is -1.06. The molecule has 0 amide bonds. The van der Waals surface area contributed by atoms with Crippen LogP contribution in [-0.2, 0) is 23.1 Å². The van der Waals surface area contributed by atoms with E-state index in [1.807, 2.05) is 32.7 Å². The molecule has 2 aromatic heterocycles. The van der Waals surface area contributed by atoms with Gasteiger partial charge in [0.25, 0.3) is 11.1 Å². The smallest absolute Gasteiger partial charge is 0.345 e. The van der Waals surface area contributed by atoms with E-state index in [1.165, 1.54) is 16.8 Å². The van der Waals surface area contributed by atoms with Crippen molar-refractivity contribution in [3.8, 4) is 0 Å². The van der Waals surface area contributed by atoms with E-state index in [1.54, 1.807) is 0 Å². The van der Waals surface area contributed by atoms with Crippen molar-refractivity contribution in [2.75, 3.05) is 13.2 Å². The molecule has 0 radical (unpaired) electrons. The number of aromatic amines is 2. The molecule has 3 aliphatic heterocycles. The second kappa shape index (κ2) is 15.2. The third-order valence-electron chi connectivity index (χ3n) is 9.41. The van der Waals surface area contributed by atoms with Crippen molar-refractivity contribution in [2.45, 2.75) is 121 Å². The first kappa shape index (κ1) is 39.0. The van der Waals surface area contributed by atoms with E-state index in [4.69, 9.17) is 28.2 Å². The van der Waals surface area contributed by atoms with E-state index < -0.39 is 92.5 Å². The number of nitrogens with zero attached hydrogens (tertiary/aromatic N) is 2. The van der Waals surface area contributed by atoms with Crippen LogP contribution in [0.4, 0.5) is 0 Å². The largest absolute Gasteiger partial charge is 0.394 e. The lowest BCUT2D eigenvalue weighted by atomic mass is 9.91. The fourth-order valence-electron chi connectivity index (χ4n) is 6.73. The second-order valence-corrected chi connectivity index (χ2v) is 18.1. The maximum atomic E-state index is 12.4. The standard InChI is InChI=1S/C22H38N2O7Si.C9H12N2O6/c1-12(2)22(13(3)4)30-19-16(11-28-32(31-22,14(5)6)15(7)8)29-20(18(19)26)24-10-9-17(25)23-21(24)27;12-3-4-6(14)7(15)8(17-4)11-2-1-5(13)10-9(11)16/h9-10,12-16,18-20,26H,11H2,1-8H3,(H,23,25,27);1-2,4,6-8,12,14-15H,3H2,(H,10,13,16)/t16-,18?,19+,20-;4-,6+,7?,8-/m11/s1. The zero-order valence-electron chi connectivity index (χ0n) is 29.0.